The van der Waals surface area contributed by atoms with E-state index >= 15 is 0 Å². The number of nitrogens with one attached hydrogen (secondary N) is 2. The molecule has 102 valence electrons. The summed E-state index contributed by atoms with van der Waals surface area (Å²) >= 11 is 2.37. The second kappa shape index (κ2) is 5.06. The third-order valence-corrected chi connectivity index (χ3v) is 4.62. The van der Waals surface area contributed by atoms with Crippen molar-refractivity contribution in [1.29, 1.82) is 0 Å². The molecule has 0 aliphatic rings. The van der Waals surface area contributed by atoms with Crippen molar-refractivity contribution >= 4 is 44.4 Å². The molecule has 0 spiro atoms. The minimum Gasteiger partial charge on any atom is -0.397 e. The molecule has 20 heavy (non-hydrogen) atoms. The van der Waals surface area contributed by atoms with Crippen LogP contribution >= 0.6 is 22.7 Å². The zero-order valence-corrected chi connectivity index (χ0v) is 11.8. The Labute approximate surface area is 121 Å². The summed E-state index contributed by atoms with van der Waals surface area (Å²) in [6, 6.07) is 1.79. The van der Waals surface area contributed by atoms with Crippen molar-refractivity contribution in [2.24, 2.45) is 0 Å². The van der Waals surface area contributed by atoms with Gasteiger partial charge in [-0.25, -0.2) is 0 Å². The fourth-order valence-electron chi connectivity index (χ4n) is 1.80. The summed E-state index contributed by atoms with van der Waals surface area (Å²) in [5.74, 6) is -0.254. The Morgan fingerprint density at radius 1 is 1.50 bits per heavy atom. The Morgan fingerprint density at radius 3 is 3.05 bits per heavy atom. The molecule has 0 atom stereocenters. The van der Waals surface area contributed by atoms with E-state index < -0.39 is 0 Å². The molecule has 0 radical (unpaired) electrons. The van der Waals surface area contributed by atoms with Crippen molar-refractivity contribution in [3.8, 4) is 0 Å². The lowest BCUT2D eigenvalue weighted by molar-refractivity contribution is 0.0955. The average Bonchev–Trinajstić information content (AvgIpc) is 3.01. The first-order valence-electron chi connectivity index (χ1n) is 5.72. The maximum Gasteiger partial charge on any atom is 0.304 e. The molecule has 0 aromatic carbocycles. The van der Waals surface area contributed by atoms with Crippen LogP contribution in [0.15, 0.2) is 28.6 Å². The molecular formula is C12H10N4O2S2. The number of thiophene rings is 1. The number of H-pyrrole nitrogens is 1. The highest BCUT2D eigenvalue weighted by Crippen LogP contribution is 2.32. The molecule has 0 saturated heterocycles. The Hall–Kier alpha value is -2.19. The van der Waals surface area contributed by atoms with Gasteiger partial charge in [0.1, 0.15) is 4.88 Å². The molecule has 0 saturated carbocycles. The Morgan fingerprint density at radius 2 is 2.35 bits per heavy atom. The number of hydrogen-bond donors (Lipinski definition) is 3. The van der Waals surface area contributed by atoms with Crippen LogP contribution in [0.2, 0.25) is 0 Å². The number of carbonyl (C=O) groups is 1. The van der Waals surface area contributed by atoms with Gasteiger partial charge in [0.25, 0.3) is 5.91 Å². The predicted molar refractivity (Wildman–Crippen MR) is 80.1 cm³/mol. The van der Waals surface area contributed by atoms with E-state index in [0.717, 1.165) is 21.4 Å². The van der Waals surface area contributed by atoms with Crippen LogP contribution in [-0.4, -0.2) is 15.9 Å². The number of aromatic nitrogens is 2. The van der Waals surface area contributed by atoms with Crippen LogP contribution in [0.3, 0.4) is 0 Å². The van der Waals surface area contributed by atoms with Crippen LogP contribution in [-0.2, 0) is 6.54 Å². The number of thiazole rings is 1. The van der Waals surface area contributed by atoms with Gasteiger partial charge in [-0.1, -0.05) is 11.3 Å². The Bertz CT molecular complexity index is 833. The van der Waals surface area contributed by atoms with E-state index in [4.69, 9.17) is 5.73 Å². The van der Waals surface area contributed by atoms with Crippen LogP contribution in [0, 0.1) is 0 Å². The first-order valence-corrected chi connectivity index (χ1v) is 7.41. The van der Waals surface area contributed by atoms with E-state index in [-0.39, 0.29) is 17.3 Å². The van der Waals surface area contributed by atoms with Crippen LogP contribution in [0.5, 0.6) is 0 Å². The Balaban J connectivity index is 1.82. The largest absolute Gasteiger partial charge is 0.397 e. The van der Waals surface area contributed by atoms with E-state index in [1.165, 1.54) is 11.3 Å². The smallest absolute Gasteiger partial charge is 0.304 e. The highest BCUT2D eigenvalue weighted by Gasteiger charge is 2.16. The number of pyridine rings is 1. The monoisotopic (exact) mass is 306 g/mol. The quantitative estimate of drug-likeness (QED) is 0.683. The minimum absolute atomic E-state index is 0.137. The van der Waals surface area contributed by atoms with Crippen molar-refractivity contribution in [3.05, 3.63) is 44.1 Å². The minimum atomic E-state index is -0.254. The van der Waals surface area contributed by atoms with Gasteiger partial charge in [0.2, 0.25) is 0 Å². The number of carbonyl (C=O) groups excluding carboxylic acids is 1. The molecule has 1 amide bonds. The molecule has 0 aliphatic carbocycles. The second-order valence-electron chi connectivity index (χ2n) is 4.07. The zero-order valence-electron chi connectivity index (χ0n) is 10.2. The molecule has 3 aromatic heterocycles. The number of hydrogen-bond acceptors (Lipinski definition) is 6. The van der Waals surface area contributed by atoms with Gasteiger partial charge in [-0.15, -0.1) is 11.3 Å². The van der Waals surface area contributed by atoms with Gasteiger partial charge in [0.05, 0.1) is 16.9 Å². The summed E-state index contributed by atoms with van der Waals surface area (Å²) in [6.45, 7) is 0.267. The van der Waals surface area contributed by atoms with Gasteiger partial charge >= 0.3 is 4.87 Å². The van der Waals surface area contributed by atoms with Crippen molar-refractivity contribution in [1.82, 2.24) is 15.3 Å². The highest BCUT2D eigenvalue weighted by molar-refractivity contribution is 7.21. The first kappa shape index (κ1) is 12.8. The van der Waals surface area contributed by atoms with Crippen LogP contribution < -0.4 is 15.9 Å². The fourth-order valence-corrected chi connectivity index (χ4v) is 3.38. The van der Waals surface area contributed by atoms with E-state index in [0.29, 0.717) is 16.3 Å². The molecule has 0 unspecified atom stereocenters. The number of amides is 1. The maximum absolute atomic E-state index is 12.1. The molecule has 8 heteroatoms. The number of anilines is 1. The second-order valence-corrected chi connectivity index (χ2v) is 5.97. The molecular weight excluding hydrogens is 296 g/mol. The lowest BCUT2D eigenvalue weighted by Crippen LogP contribution is -2.23. The third-order valence-electron chi connectivity index (χ3n) is 2.75. The molecule has 6 nitrogen and oxygen atoms in total. The Kier molecular flexibility index (Phi) is 3.25. The van der Waals surface area contributed by atoms with Gasteiger partial charge in [-0.05, 0) is 6.07 Å². The first-order chi connectivity index (χ1) is 9.65. The van der Waals surface area contributed by atoms with E-state index in [9.17, 15) is 9.59 Å². The summed E-state index contributed by atoms with van der Waals surface area (Å²) < 4.78 is 0.874. The molecule has 0 bridgehead atoms. The van der Waals surface area contributed by atoms with Gasteiger partial charge < -0.3 is 16.0 Å². The lowest BCUT2D eigenvalue weighted by atomic mass is 10.2. The number of nitrogens with two attached hydrogens (primary N) is 1. The number of fused-ring (bicyclic) bond motifs is 1. The molecule has 0 fully saturated rings. The number of nitrogens with zero attached hydrogens (tertiary/aromatic N) is 1. The van der Waals surface area contributed by atoms with Crippen LogP contribution in [0.1, 0.15) is 15.4 Å². The average molecular weight is 306 g/mol. The topological polar surface area (TPSA) is 101 Å². The summed E-state index contributed by atoms with van der Waals surface area (Å²) in [5, 5.41) is 5.25. The van der Waals surface area contributed by atoms with Gasteiger partial charge in [-0.3, -0.25) is 14.6 Å². The molecule has 3 rings (SSSR count). The summed E-state index contributed by atoms with van der Waals surface area (Å²) in [6.07, 6.45) is 3.33. The van der Waals surface area contributed by atoms with E-state index in [1.54, 1.807) is 23.8 Å². The standard InChI is InChI=1S/C12H10N4O2S2/c13-9-7-1-2-14-4-8(7)20-10(9)11(17)15-3-6-5-19-12(18)16-6/h1-2,4-5H,3,13H2,(H,15,17)(H,16,18). The fraction of sp³-hybridized carbons (Fsp3) is 0.0833. The summed E-state index contributed by atoms with van der Waals surface area (Å²) in [7, 11) is 0. The molecule has 4 N–H and O–H groups in total. The summed E-state index contributed by atoms with van der Waals surface area (Å²) in [4.78, 5) is 30.1. The lowest BCUT2D eigenvalue weighted by Gasteiger charge is -2.02. The van der Waals surface area contributed by atoms with E-state index in [2.05, 4.69) is 15.3 Å². The molecule has 3 heterocycles. The summed E-state index contributed by atoms with van der Waals surface area (Å²) in [5.41, 5.74) is 7.12. The highest BCUT2D eigenvalue weighted by atomic mass is 32.1. The van der Waals surface area contributed by atoms with Crippen molar-refractivity contribution in [2.45, 2.75) is 6.54 Å². The number of aromatic amines is 1. The molecule has 0 aliphatic heterocycles. The van der Waals surface area contributed by atoms with Crippen LogP contribution in [0.25, 0.3) is 10.1 Å². The molecule has 3 aromatic rings. The van der Waals surface area contributed by atoms with Crippen molar-refractivity contribution in [2.75, 3.05) is 5.73 Å². The van der Waals surface area contributed by atoms with Gasteiger partial charge in [0, 0.05) is 28.9 Å². The number of rotatable bonds is 3. The zero-order chi connectivity index (χ0) is 14.1. The predicted octanol–water partition coefficient (Wildman–Crippen LogP) is 1.56. The van der Waals surface area contributed by atoms with Gasteiger partial charge in [-0.2, -0.15) is 0 Å². The third kappa shape index (κ3) is 2.30. The van der Waals surface area contributed by atoms with Crippen LogP contribution in [0.4, 0.5) is 5.69 Å². The van der Waals surface area contributed by atoms with Gasteiger partial charge in [0.15, 0.2) is 0 Å². The van der Waals surface area contributed by atoms with Crippen molar-refractivity contribution in [3.63, 3.8) is 0 Å². The maximum atomic E-state index is 12.1. The normalized spacial score (nSPS) is 10.8. The SMILES string of the molecule is Nc1c(C(=O)NCc2csc(=O)[nH]2)sc2cnccc12. The number of nitrogen functional groups attached to an aromatic ring is 1. The van der Waals surface area contributed by atoms with E-state index in [1.807, 2.05) is 0 Å². The van der Waals surface area contributed by atoms with Crippen molar-refractivity contribution < 1.29 is 4.79 Å².